The van der Waals surface area contributed by atoms with Gasteiger partial charge in [0.15, 0.2) is 0 Å². The fraction of sp³-hybridized carbons (Fsp3) is 0.222. The first kappa shape index (κ1) is 26.6. The van der Waals surface area contributed by atoms with Gasteiger partial charge >= 0.3 is 0 Å². The van der Waals surface area contributed by atoms with E-state index < -0.39 is 0 Å². The van der Waals surface area contributed by atoms with E-state index in [4.69, 9.17) is 14.7 Å². The largest absolute Gasteiger partial charge is 0.507 e. The fourth-order valence-corrected chi connectivity index (χ4v) is 5.19. The summed E-state index contributed by atoms with van der Waals surface area (Å²) >= 11 is 0. The van der Waals surface area contributed by atoms with E-state index in [0.717, 1.165) is 28.0 Å². The smallest absolute Gasteiger partial charge is 0.223 e. The Hall–Kier alpha value is -4.64. The molecule has 0 amide bonds. The number of hydrogen-bond donors (Lipinski definition) is 1. The lowest BCUT2D eigenvalue weighted by atomic mass is 9.86. The van der Waals surface area contributed by atoms with Gasteiger partial charge in [-0.25, -0.2) is 4.98 Å². The molecule has 3 aromatic heterocycles. The topological polar surface area (TPSA) is 60.2 Å². The number of pyridine rings is 2. The van der Waals surface area contributed by atoms with Crippen molar-refractivity contribution in [3.05, 3.63) is 108 Å². The number of hydrogen-bond acceptors (Lipinski definition) is 4. The number of rotatable bonds is 4. The summed E-state index contributed by atoms with van der Waals surface area (Å²) in [6.07, 6.45) is 0. The van der Waals surface area contributed by atoms with Crippen LogP contribution in [-0.4, -0.2) is 19.6 Å². The summed E-state index contributed by atoms with van der Waals surface area (Å²) in [5, 5.41) is 12.9. The Balaban J connectivity index is 1.54. The minimum Gasteiger partial charge on any atom is -0.507 e. The molecule has 3 aromatic carbocycles. The lowest BCUT2D eigenvalue weighted by Crippen LogP contribution is -2.14. The maximum atomic E-state index is 10.6. The van der Waals surface area contributed by atoms with Crippen LogP contribution < -0.4 is 4.74 Å². The summed E-state index contributed by atoms with van der Waals surface area (Å²) in [6.45, 7) is 13.0. The van der Waals surface area contributed by atoms with Gasteiger partial charge in [0.25, 0.3) is 0 Å². The van der Waals surface area contributed by atoms with Crippen molar-refractivity contribution in [2.45, 2.75) is 52.4 Å². The van der Waals surface area contributed by atoms with E-state index in [9.17, 15) is 5.11 Å². The highest BCUT2D eigenvalue weighted by atomic mass is 16.5. The summed E-state index contributed by atoms with van der Waals surface area (Å²) < 4.78 is 8.71. The Labute approximate surface area is 241 Å². The van der Waals surface area contributed by atoms with Crippen molar-refractivity contribution in [1.82, 2.24) is 14.5 Å². The molecule has 6 rings (SSSR count). The van der Waals surface area contributed by atoms with Crippen LogP contribution in [0.15, 0.2) is 97.1 Å². The number of nitrogens with zero attached hydrogens (tertiary/aromatic N) is 3. The normalized spacial score (nSPS) is 12.2. The molecule has 3 heterocycles. The highest BCUT2D eigenvalue weighted by Gasteiger charge is 2.22. The van der Waals surface area contributed by atoms with Gasteiger partial charge in [-0.05, 0) is 58.4 Å². The molecule has 0 bridgehead atoms. The summed E-state index contributed by atoms with van der Waals surface area (Å²) in [5.74, 6) is 1.87. The van der Waals surface area contributed by atoms with Gasteiger partial charge in [-0.3, -0.25) is 4.57 Å². The molecule has 0 radical (unpaired) electrons. The highest BCUT2D eigenvalue weighted by molar-refractivity contribution is 6.09. The van der Waals surface area contributed by atoms with Gasteiger partial charge in [-0.2, -0.15) is 4.98 Å². The van der Waals surface area contributed by atoms with E-state index in [1.807, 2.05) is 36.4 Å². The van der Waals surface area contributed by atoms with Crippen molar-refractivity contribution >= 4 is 21.8 Å². The van der Waals surface area contributed by atoms with Crippen molar-refractivity contribution in [2.24, 2.45) is 0 Å². The van der Waals surface area contributed by atoms with Crippen molar-refractivity contribution in [3.63, 3.8) is 0 Å². The van der Waals surface area contributed by atoms with E-state index in [1.54, 1.807) is 6.07 Å². The Bertz CT molecular complexity index is 1850. The molecule has 5 heteroatoms. The Morgan fingerprint density at radius 3 is 1.71 bits per heavy atom. The van der Waals surface area contributed by atoms with Crippen molar-refractivity contribution in [2.75, 3.05) is 0 Å². The van der Waals surface area contributed by atoms with E-state index >= 15 is 0 Å². The van der Waals surface area contributed by atoms with Gasteiger partial charge in [0, 0.05) is 28.5 Å². The van der Waals surface area contributed by atoms with E-state index in [2.05, 4.69) is 101 Å². The molecule has 0 saturated heterocycles. The molecular weight excluding hydrogens is 506 g/mol. The summed E-state index contributed by atoms with van der Waals surface area (Å²) in [4.78, 5) is 9.88. The third-order valence-corrected chi connectivity index (χ3v) is 7.52. The maximum Gasteiger partial charge on any atom is 0.223 e. The molecule has 41 heavy (non-hydrogen) atoms. The standard InChI is InChI=1S/C36H35N3O2/c1-35(2,3)23-19-28(27-15-9-12-18-31(27)40)37-33(21-23)41-34-22-24(36(4,5)6)20-32(38-34)39-29-16-10-7-13-25(29)26-14-8-11-17-30(26)39/h7-22,40H,1-6H3. The van der Waals surface area contributed by atoms with Crippen LogP contribution in [0.4, 0.5) is 0 Å². The Morgan fingerprint density at radius 2 is 1.12 bits per heavy atom. The zero-order chi connectivity index (χ0) is 28.9. The van der Waals surface area contributed by atoms with E-state index in [1.165, 1.54) is 10.8 Å². The molecule has 206 valence electrons. The van der Waals surface area contributed by atoms with Crippen LogP contribution in [0.2, 0.25) is 0 Å². The van der Waals surface area contributed by atoms with Gasteiger partial charge < -0.3 is 9.84 Å². The SMILES string of the molecule is CC(C)(C)c1cc(Oc2cc(C(C)(C)C)cc(-n3c4ccccc4c4ccccc43)n2)nc(-c2ccccc2O)c1. The molecule has 0 atom stereocenters. The number of ether oxygens (including phenoxy) is 1. The molecule has 0 aliphatic carbocycles. The average Bonchev–Trinajstić information content (AvgIpc) is 3.26. The fourth-order valence-electron chi connectivity index (χ4n) is 5.19. The third-order valence-electron chi connectivity index (χ3n) is 7.52. The molecular formula is C36H35N3O2. The zero-order valence-electron chi connectivity index (χ0n) is 24.4. The van der Waals surface area contributed by atoms with Crippen LogP contribution >= 0.6 is 0 Å². The molecule has 6 aromatic rings. The van der Waals surface area contributed by atoms with Gasteiger partial charge in [-0.1, -0.05) is 90.1 Å². The molecule has 0 unspecified atom stereocenters. The minimum atomic E-state index is -0.158. The highest BCUT2D eigenvalue weighted by Crippen LogP contribution is 2.37. The lowest BCUT2D eigenvalue weighted by molar-refractivity contribution is 0.438. The minimum absolute atomic E-state index is 0.143. The van der Waals surface area contributed by atoms with Gasteiger partial charge in [-0.15, -0.1) is 0 Å². The molecule has 0 fully saturated rings. The second kappa shape index (κ2) is 9.77. The predicted molar refractivity (Wildman–Crippen MR) is 167 cm³/mol. The second-order valence-corrected chi connectivity index (χ2v) is 12.6. The quantitative estimate of drug-likeness (QED) is 0.242. The molecule has 5 nitrogen and oxygen atoms in total. The first-order valence-electron chi connectivity index (χ1n) is 14.0. The molecule has 0 aliphatic heterocycles. The predicted octanol–water partition coefficient (Wildman–Crippen LogP) is 9.33. The van der Waals surface area contributed by atoms with E-state index in [0.29, 0.717) is 23.0 Å². The first-order valence-corrected chi connectivity index (χ1v) is 14.0. The number of fused-ring (bicyclic) bond motifs is 3. The first-order chi connectivity index (χ1) is 19.5. The van der Waals surface area contributed by atoms with Crippen molar-refractivity contribution < 1.29 is 9.84 Å². The van der Waals surface area contributed by atoms with Crippen LogP contribution in [0.3, 0.4) is 0 Å². The van der Waals surface area contributed by atoms with Gasteiger partial charge in [0.2, 0.25) is 11.8 Å². The maximum absolute atomic E-state index is 10.6. The monoisotopic (exact) mass is 541 g/mol. The van der Waals surface area contributed by atoms with Crippen LogP contribution in [0.5, 0.6) is 17.5 Å². The number of para-hydroxylation sites is 3. The van der Waals surface area contributed by atoms with E-state index in [-0.39, 0.29) is 16.6 Å². The van der Waals surface area contributed by atoms with Crippen LogP contribution in [0.25, 0.3) is 38.9 Å². The second-order valence-electron chi connectivity index (χ2n) is 12.6. The molecule has 1 N–H and O–H groups in total. The number of aromatic hydroxyl groups is 1. The summed E-state index contributed by atoms with van der Waals surface area (Å²) in [6, 6.07) is 32.2. The van der Waals surface area contributed by atoms with Crippen LogP contribution in [0.1, 0.15) is 52.7 Å². The van der Waals surface area contributed by atoms with Crippen LogP contribution in [-0.2, 0) is 10.8 Å². The Morgan fingerprint density at radius 1 is 0.610 bits per heavy atom. The number of aromatic nitrogens is 3. The Kier molecular flexibility index (Phi) is 6.33. The summed E-state index contributed by atoms with van der Waals surface area (Å²) in [5.41, 5.74) is 5.35. The van der Waals surface area contributed by atoms with Crippen molar-refractivity contribution in [3.8, 4) is 34.6 Å². The van der Waals surface area contributed by atoms with Gasteiger partial charge in [0.1, 0.15) is 11.6 Å². The molecule has 0 aliphatic rings. The number of phenolic OH excluding ortho intramolecular Hbond substituents is 1. The summed E-state index contributed by atoms with van der Waals surface area (Å²) in [7, 11) is 0. The molecule has 0 spiro atoms. The van der Waals surface area contributed by atoms with Crippen molar-refractivity contribution in [1.29, 1.82) is 0 Å². The van der Waals surface area contributed by atoms with Crippen LogP contribution in [0, 0.1) is 0 Å². The third kappa shape index (κ3) is 5.04. The van der Waals surface area contributed by atoms with Gasteiger partial charge in [0.05, 0.1) is 16.7 Å². The lowest BCUT2D eigenvalue weighted by Gasteiger charge is -2.22. The molecule has 0 saturated carbocycles. The average molecular weight is 542 g/mol. The number of phenols is 1. The number of benzene rings is 3. The zero-order valence-corrected chi connectivity index (χ0v) is 24.4.